The average molecular weight is 342 g/mol. The highest BCUT2D eigenvalue weighted by Crippen LogP contribution is 2.30. The van der Waals surface area contributed by atoms with Gasteiger partial charge in [-0.05, 0) is 60.3 Å². The average Bonchev–Trinajstić information content (AvgIpc) is 2.91. The van der Waals surface area contributed by atoms with E-state index in [0.29, 0.717) is 6.04 Å². The molecule has 104 valence electrons. The van der Waals surface area contributed by atoms with E-state index in [4.69, 9.17) is 4.42 Å². The van der Waals surface area contributed by atoms with Crippen LogP contribution in [0.2, 0.25) is 0 Å². The van der Waals surface area contributed by atoms with E-state index in [0.717, 1.165) is 30.9 Å². The van der Waals surface area contributed by atoms with Crippen LogP contribution in [0.1, 0.15) is 41.3 Å². The zero-order valence-corrected chi connectivity index (χ0v) is 14.0. The molecule has 0 spiro atoms. The molecule has 0 aliphatic heterocycles. The van der Waals surface area contributed by atoms with E-state index < -0.39 is 0 Å². The van der Waals surface area contributed by atoms with Crippen LogP contribution < -0.4 is 5.32 Å². The molecule has 2 aromatic rings. The molecule has 0 fully saturated rings. The minimum absolute atomic E-state index is 0.326. The number of rotatable bonds is 6. The third-order valence-electron chi connectivity index (χ3n) is 3.18. The van der Waals surface area contributed by atoms with Gasteiger partial charge in [0.1, 0.15) is 11.5 Å². The Morgan fingerprint density at radius 2 is 2.21 bits per heavy atom. The summed E-state index contributed by atoms with van der Waals surface area (Å²) in [5.74, 6) is 2.01. The molecule has 1 N–H and O–H groups in total. The predicted octanol–water partition coefficient (Wildman–Crippen LogP) is 5.00. The second-order valence-electron chi connectivity index (χ2n) is 4.77. The lowest BCUT2D eigenvalue weighted by Crippen LogP contribution is -2.24. The summed E-state index contributed by atoms with van der Waals surface area (Å²) in [4.78, 5) is 1.38. The maximum Gasteiger partial charge on any atom is 0.105 e. The molecule has 0 aromatic carbocycles. The van der Waals surface area contributed by atoms with Crippen molar-refractivity contribution in [3.63, 3.8) is 0 Å². The zero-order valence-electron chi connectivity index (χ0n) is 11.6. The SMILES string of the molecule is CCCNC(Cc1sccc1Br)c1cc(C)oc1C. The van der Waals surface area contributed by atoms with Crippen molar-refractivity contribution in [2.45, 2.75) is 39.7 Å². The van der Waals surface area contributed by atoms with Gasteiger partial charge >= 0.3 is 0 Å². The first-order valence-electron chi connectivity index (χ1n) is 6.64. The Hall–Kier alpha value is -0.580. The fraction of sp³-hybridized carbons (Fsp3) is 0.467. The monoisotopic (exact) mass is 341 g/mol. The van der Waals surface area contributed by atoms with Gasteiger partial charge < -0.3 is 9.73 Å². The molecular weight excluding hydrogens is 322 g/mol. The number of hydrogen-bond acceptors (Lipinski definition) is 3. The number of thiophene rings is 1. The van der Waals surface area contributed by atoms with Crippen LogP contribution in [0.4, 0.5) is 0 Å². The highest BCUT2D eigenvalue weighted by molar-refractivity contribution is 9.10. The Morgan fingerprint density at radius 1 is 1.42 bits per heavy atom. The lowest BCUT2D eigenvalue weighted by molar-refractivity contribution is 0.481. The van der Waals surface area contributed by atoms with Crippen molar-refractivity contribution in [2.75, 3.05) is 6.54 Å². The standard InChI is InChI=1S/C15H20BrNOS/c1-4-6-17-14(9-15-13(16)5-7-19-15)12-8-10(2)18-11(12)3/h5,7-8,14,17H,4,6,9H2,1-3H3. The summed E-state index contributed by atoms with van der Waals surface area (Å²) in [5.41, 5.74) is 1.28. The lowest BCUT2D eigenvalue weighted by atomic mass is 10.0. The summed E-state index contributed by atoms with van der Waals surface area (Å²) in [7, 11) is 0. The normalized spacial score (nSPS) is 12.8. The largest absolute Gasteiger partial charge is 0.466 e. The van der Waals surface area contributed by atoms with Gasteiger partial charge in [-0.1, -0.05) is 6.92 Å². The molecule has 1 atom stereocenters. The second kappa shape index (κ2) is 6.73. The van der Waals surface area contributed by atoms with Crippen LogP contribution in [0, 0.1) is 13.8 Å². The van der Waals surface area contributed by atoms with E-state index in [1.165, 1.54) is 14.9 Å². The summed E-state index contributed by atoms with van der Waals surface area (Å²) >= 11 is 5.42. The molecule has 0 saturated heterocycles. The number of hydrogen-bond donors (Lipinski definition) is 1. The summed E-state index contributed by atoms with van der Waals surface area (Å²) < 4.78 is 6.88. The van der Waals surface area contributed by atoms with Gasteiger partial charge in [0.2, 0.25) is 0 Å². The third kappa shape index (κ3) is 3.71. The smallest absolute Gasteiger partial charge is 0.105 e. The maximum atomic E-state index is 5.68. The predicted molar refractivity (Wildman–Crippen MR) is 84.9 cm³/mol. The van der Waals surface area contributed by atoms with E-state index in [1.54, 1.807) is 11.3 Å². The van der Waals surface area contributed by atoms with Crippen LogP contribution in [-0.4, -0.2) is 6.54 Å². The van der Waals surface area contributed by atoms with Crippen LogP contribution in [0.5, 0.6) is 0 Å². The Morgan fingerprint density at radius 3 is 2.74 bits per heavy atom. The lowest BCUT2D eigenvalue weighted by Gasteiger charge is -2.17. The van der Waals surface area contributed by atoms with E-state index in [-0.39, 0.29) is 0 Å². The first-order valence-corrected chi connectivity index (χ1v) is 8.31. The number of nitrogens with one attached hydrogen (secondary N) is 1. The highest BCUT2D eigenvalue weighted by atomic mass is 79.9. The van der Waals surface area contributed by atoms with Gasteiger partial charge in [0.15, 0.2) is 0 Å². The van der Waals surface area contributed by atoms with E-state index >= 15 is 0 Å². The molecule has 0 aliphatic rings. The van der Waals surface area contributed by atoms with Gasteiger partial charge in [-0.2, -0.15) is 0 Å². The van der Waals surface area contributed by atoms with Crippen LogP contribution >= 0.6 is 27.3 Å². The van der Waals surface area contributed by atoms with Crippen LogP contribution in [0.15, 0.2) is 26.4 Å². The number of aryl methyl sites for hydroxylation is 2. The Balaban J connectivity index is 2.20. The molecule has 19 heavy (non-hydrogen) atoms. The Labute approximate surface area is 127 Å². The molecule has 2 rings (SSSR count). The van der Waals surface area contributed by atoms with Crippen molar-refractivity contribution in [1.82, 2.24) is 5.32 Å². The van der Waals surface area contributed by atoms with E-state index in [9.17, 15) is 0 Å². The van der Waals surface area contributed by atoms with Crippen molar-refractivity contribution in [2.24, 2.45) is 0 Å². The van der Waals surface area contributed by atoms with E-state index in [1.807, 2.05) is 13.8 Å². The minimum atomic E-state index is 0.326. The molecule has 0 amide bonds. The van der Waals surface area contributed by atoms with Crippen molar-refractivity contribution >= 4 is 27.3 Å². The summed E-state index contributed by atoms with van der Waals surface area (Å²) in [5, 5.41) is 5.76. The van der Waals surface area contributed by atoms with Crippen molar-refractivity contribution in [3.8, 4) is 0 Å². The first-order chi connectivity index (χ1) is 9.11. The summed E-state index contributed by atoms with van der Waals surface area (Å²) in [6.45, 7) is 7.27. The first kappa shape index (κ1) is 14.8. The zero-order chi connectivity index (χ0) is 13.8. The van der Waals surface area contributed by atoms with E-state index in [2.05, 4.69) is 45.7 Å². The Bertz CT molecular complexity index is 532. The molecule has 2 aromatic heterocycles. The molecule has 0 saturated carbocycles. The Kier molecular flexibility index (Phi) is 5.25. The van der Waals surface area contributed by atoms with Crippen molar-refractivity contribution in [3.05, 3.63) is 43.9 Å². The van der Waals surface area contributed by atoms with Gasteiger partial charge in [-0.25, -0.2) is 0 Å². The van der Waals surface area contributed by atoms with Gasteiger partial charge in [0.25, 0.3) is 0 Å². The van der Waals surface area contributed by atoms with Crippen molar-refractivity contribution in [1.29, 1.82) is 0 Å². The fourth-order valence-corrected chi connectivity index (χ4v) is 3.82. The van der Waals surface area contributed by atoms with Gasteiger partial charge in [0, 0.05) is 27.4 Å². The van der Waals surface area contributed by atoms with Crippen LogP contribution in [0.3, 0.4) is 0 Å². The second-order valence-corrected chi connectivity index (χ2v) is 6.63. The van der Waals surface area contributed by atoms with Crippen LogP contribution in [-0.2, 0) is 6.42 Å². The van der Waals surface area contributed by atoms with Gasteiger partial charge in [0.05, 0.1) is 0 Å². The molecule has 0 bridgehead atoms. The molecule has 0 radical (unpaired) electrons. The van der Waals surface area contributed by atoms with Crippen LogP contribution in [0.25, 0.3) is 0 Å². The molecule has 4 heteroatoms. The number of halogens is 1. The van der Waals surface area contributed by atoms with Gasteiger partial charge in [-0.15, -0.1) is 11.3 Å². The number of furan rings is 1. The highest BCUT2D eigenvalue weighted by Gasteiger charge is 2.18. The van der Waals surface area contributed by atoms with Gasteiger partial charge in [-0.3, -0.25) is 0 Å². The third-order valence-corrected chi connectivity index (χ3v) is 5.12. The summed E-state index contributed by atoms with van der Waals surface area (Å²) in [6, 6.07) is 4.60. The molecule has 1 unspecified atom stereocenters. The molecular formula is C15H20BrNOS. The molecule has 0 aliphatic carbocycles. The fourth-order valence-electron chi connectivity index (χ4n) is 2.26. The quantitative estimate of drug-likeness (QED) is 0.799. The van der Waals surface area contributed by atoms with Crippen molar-refractivity contribution < 1.29 is 4.42 Å². The molecule has 2 heterocycles. The summed E-state index contributed by atoms with van der Waals surface area (Å²) in [6.07, 6.45) is 2.13. The molecule has 2 nitrogen and oxygen atoms in total. The maximum absolute atomic E-state index is 5.68. The topological polar surface area (TPSA) is 25.2 Å². The minimum Gasteiger partial charge on any atom is -0.466 e.